The third-order valence-electron chi connectivity index (χ3n) is 3.88. The molecule has 1 aromatic rings. The zero-order valence-corrected chi connectivity index (χ0v) is 13.6. The Morgan fingerprint density at radius 3 is 2.50 bits per heavy atom. The highest BCUT2D eigenvalue weighted by Crippen LogP contribution is 2.15. The van der Waals surface area contributed by atoms with Gasteiger partial charge in [-0.1, -0.05) is 29.8 Å². The number of β-amino-alcohol motifs (C(OH)–C–C–N with tert-alkyl or cyclic N) is 2. The van der Waals surface area contributed by atoms with Crippen LogP contribution in [0.5, 0.6) is 0 Å². The first-order chi connectivity index (χ1) is 10.7. The Balaban J connectivity index is 1.62. The van der Waals surface area contributed by atoms with Gasteiger partial charge in [-0.15, -0.1) is 0 Å². The third kappa shape index (κ3) is 5.83. The summed E-state index contributed by atoms with van der Waals surface area (Å²) in [5.41, 5.74) is 0.939. The van der Waals surface area contributed by atoms with Gasteiger partial charge in [0.25, 0.3) is 0 Å². The lowest BCUT2D eigenvalue weighted by molar-refractivity contribution is 0.000536. The molecular formula is C16H25ClN2O3. The van der Waals surface area contributed by atoms with Crippen molar-refractivity contribution in [2.75, 3.05) is 52.5 Å². The van der Waals surface area contributed by atoms with Gasteiger partial charge in [0, 0.05) is 44.3 Å². The van der Waals surface area contributed by atoms with Crippen molar-refractivity contribution in [1.82, 2.24) is 9.80 Å². The van der Waals surface area contributed by atoms with E-state index in [9.17, 15) is 5.11 Å². The van der Waals surface area contributed by atoms with Crippen molar-refractivity contribution < 1.29 is 14.9 Å². The molecule has 1 aliphatic heterocycles. The van der Waals surface area contributed by atoms with E-state index in [0.29, 0.717) is 24.8 Å². The number of rotatable bonds is 8. The van der Waals surface area contributed by atoms with Crippen LogP contribution in [-0.4, -0.2) is 78.6 Å². The molecule has 0 saturated carbocycles. The molecule has 2 N–H and O–H groups in total. The Bertz CT molecular complexity index is 439. The quantitative estimate of drug-likeness (QED) is 0.740. The lowest BCUT2D eigenvalue weighted by Crippen LogP contribution is -2.49. The molecule has 1 unspecified atom stereocenters. The predicted octanol–water partition coefficient (Wildman–Crippen LogP) is 0.827. The smallest absolute Gasteiger partial charge is 0.0900 e. The monoisotopic (exact) mass is 328 g/mol. The largest absolute Gasteiger partial charge is 0.395 e. The number of hydrogen-bond donors (Lipinski definition) is 2. The molecule has 1 fully saturated rings. The second kappa shape index (κ2) is 9.45. The summed E-state index contributed by atoms with van der Waals surface area (Å²) in [5.74, 6) is 0. The summed E-state index contributed by atoms with van der Waals surface area (Å²) >= 11 is 6.06. The van der Waals surface area contributed by atoms with E-state index < -0.39 is 6.10 Å². The number of nitrogens with zero attached hydrogens (tertiary/aromatic N) is 2. The second-order valence-electron chi connectivity index (χ2n) is 5.63. The molecule has 124 valence electrons. The Morgan fingerprint density at radius 1 is 1.14 bits per heavy atom. The van der Waals surface area contributed by atoms with Gasteiger partial charge in [-0.25, -0.2) is 0 Å². The van der Waals surface area contributed by atoms with Crippen molar-refractivity contribution in [1.29, 1.82) is 0 Å². The van der Waals surface area contributed by atoms with Crippen LogP contribution in [0.3, 0.4) is 0 Å². The van der Waals surface area contributed by atoms with Gasteiger partial charge in [0.05, 0.1) is 25.9 Å². The molecule has 5 nitrogen and oxygen atoms in total. The second-order valence-corrected chi connectivity index (χ2v) is 6.03. The Morgan fingerprint density at radius 2 is 1.82 bits per heavy atom. The van der Waals surface area contributed by atoms with Gasteiger partial charge in [-0.3, -0.25) is 9.80 Å². The van der Waals surface area contributed by atoms with Crippen molar-refractivity contribution >= 4 is 11.6 Å². The first-order valence-corrected chi connectivity index (χ1v) is 8.11. The van der Waals surface area contributed by atoms with Crippen LogP contribution in [0.1, 0.15) is 5.56 Å². The number of hydrogen-bond acceptors (Lipinski definition) is 5. The number of benzene rings is 1. The minimum atomic E-state index is -0.494. The van der Waals surface area contributed by atoms with Crippen LogP contribution < -0.4 is 0 Å². The Kier molecular flexibility index (Phi) is 7.59. The van der Waals surface area contributed by atoms with Crippen LogP contribution in [-0.2, 0) is 11.3 Å². The van der Waals surface area contributed by atoms with Gasteiger partial charge in [0.2, 0.25) is 0 Å². The molecule has 1 atom stereocenters. The Labute approximate surface area is 137 Å². The highest BCUT2D eigenvalue weighted by molar-refractivity contribution is 6.31. The predicted molar refractivity (Wildman–Crippen MR) is 87.1 cm³/mol. The zero-order valence-electron chi connectivity index (χ0n) is 12.8. The van der Waals surface area contributed by atoms with Crippen molar-refractivity contribution in [3.05, 3.63) is 34.9 Å². The van der Waals surface area contributed by atoms with E-state index in [-0.39, 0.29) is 6.61 Å². The maximum absolute atomic E-state index is 10.1. The molecule has 2 rings (SSSR count). The van der Waals surface area contributed by atoms with E-state index in [2.05, 4.69) is 9.80 Å². The normalized spacial score (nSPS) is 18.5. The third-order valence-corrected chi connectivity index (χ3v) is 4.24. The molecule has 0 aromatic heterocycles. The molecule has 0 aliphatic carbocycles. The summed E-state index contributed by atoms with van der Waals surface area (Å²) < 4.78 is 5.56. The zero-order chi connectivity index (χ0) is 15.8. The lowest BCUT2D eigenvalue weighted by Gasteiger charge is -2.35. The first kappa shape index (κ1) is 17.7. The van der Waals surface area contributed by atoms with Gasteiger partial charge < -0.3 is 14.9 Å². The maximum Gasteiger partial charge on any atom is 0.0900 e. The molecule has 0 spiro atoms. The summed E-state index contributed by atoms with van der Waals surface area (Å²) in [4.78, 5) is 4.47. The molecule has 0 radical (unpaired) electrons. The number of aliphatic hydroxyl groups excluding tert-OH is 2. The van der Waals surface area contributed by atoms with E-state index >= 15 is 0 Å². The summed E-state index contributed by atoms with van der Waals surface area (Å²) in [6.07, 6.45) is -0.494. The molecule has 1 aliphatic rings. The molecule has 1 saturated heterocycles. The molecule has 6 heteroatoms. The SMILES string of the molecule is OCCN1CCN(CC(O)COCc2ccccc2Cl)CC1. The summed E-state index contributed by atoms with van der Waals surface area (Å²) in [6.45, 7) is 6.00. The van der Waals surface area contributed by atoms with E-state index in [0.717, 1.165) is 38.3 Å². The fourth-order valence-corrected chi connectivity index (χ4v) is 2.80. The minimum absolute atomic E-state index is 0.207. The average molecular weight is 329 g/mol. The van der Waals surface area contributed by atoms with Gasteiger partial charge in [-0.2, -0.15) is 0 Å². The fraction of sp³-hybridized carbons (Fsp3) is 0.625. The van der Waals surface area contributed by atoms with E-state index in [1.165, 1.54) is 0 Å². The van der Waals surface area contributed by atoms with Crippen molar-refractivity contribution in [2.45, 2.75) is 12.7 Å². The topological polar surface area (TPSA) is 56.2 Å². The van der Waals surface area contributed by atoms with E-state index in [1.807, 2.05) is 24.3 Å². The highest BCUT2D eigenvalue weighted by atomic mass is 35.5. The number of halogens is 1. The van der Waals surface area contributed by atoms with Crippen molar-refractivity contribution in [2.24, 2.45) is 0 Å². The molecule has 1 heterocycles. The van der Waals surface area contributed by atoms with Gasteiger partial charge in [0.1, 0.15) is 0 Å². The molecule has 0 amide bonds. The van der Waals surface area contributed by atoms with E-state index in [4.69, 9.17) is 21.4 Å². The summed E-state index contributed by atoms with van der Waals surface area (Å²) in [6, 6.07) is 7.57. The number of aliphatic hydroxyl groups is 2. The highest BCUT2D eigenvalue weighted by Gasteiger charge is 2.18. The van der Waals surface area contributed by atoms with Crippen molar-refractivity contribution in [3.63, 3.8) is 0 Å². The Hall–Kier alpha value is -0.690. The van der Waals surface area contributed by atoms with Gasteiger partial charge >= 0.3 is 0 Å². The maximum atomic E-state index is 10.1. The van der Waals surface area contributed by atoms with Crippen LogP contribution in [0, 0.1) is 0 Å². The molecule has 0 bridgehead atoms. The first-order valence-electron chi connectivity index (χ1n) is 7.74. The van der Waals surface area contributed by atoms with Crippen LogP contribution in [0.2, 0.25) is 5.02 Å². The van der Waals surface area contributed by atoms with Crippen LogP contribution in [0.4, 0.5) is 0 Å². The lowest BCUT2D eigenvalue weighted by atomic mass is 10.2. The number of ether oxygens (including phenoxy) is 1. The van der Waals surface area contributed by atoms with Crippen molar-refractivity contribution in [3.8, 4) is 0 Å². The molecule has 1 aromatic carbocycles. The summed E-state index contributed by atoms with van der Waals surface area (Å²) in [5, 5.41) is 19.7. The summed E-state index contributed by atoms with van der Waals surface area (Å²) in [7, 11) is 0. The fourth-order valence-electron chi connectivity index (χ4n) is 2.61. The van der Waals surface area contributed by atoms with Crippen LogP contribution >= 0.6 is 11.6 Å². The molecule has 22 heavy (non-hydrogen) atoms. The number of piperazine rings is 1. The van der Waals surface area contributed by atoms with Crippen LogP contribution in [0.15, 0.2) is 24.3 Å². The minimum Gasteiger partial charge on any atom is -0.395 e. The van der Waals surface area contributed by atoms with Crippen LogP contribution in [0.25, 0.3) is 0 Å². The molecular weight excluding hydrogens is 304 g/mol. The van der Waals surface area contributed by atoms with Gasteiger partial charge in [0.15, 0.2) is 0 Å². The van der Waals surface area contributed by atoms with Gasteiger partial charge in [-0.05, 0) is 11.6 Å². The standard InChI is InChI=1S/C16H25ClN2O3/c17-16-4-2-1-3-14(16)12-22-13-15(21)11-19-7-5-18(6-8-19)9-10-20/h1-4,15,20-21H,5-13H2. The van der Waals surface area contributed by atoms with E-state index in [1.54, 1.807) is 0 Å². The average Bonchev–Trinajstić information content (AvgIpc) is 2.51.